The van der Waals surface area contributed by atoms with Gasteiger partial charge in [-0.3, -0.25) is 9.36 Å². The van der Waals surface area contributed by atoms with E-state index in [0.29, 0.717) is 11.6 Å². The molecule has 6 nitrogen and oxygen atoms in total. The fraction of sp³-hybridized carbons (Fsp3) is 0.150. The molecule has 0 saturated carbocycles. The predicted molar refractivity (Wildman–Crippen MR) is 109 cm³/mol. The van der Waals surface area contributed by atoms with Gasteiger partial charge in [-0.25, -0.2) is 0 Å². The predicted octanol–water partition coefficient (Wildman–Crippen LogP) is 5.24. The van der Waals surface area contributed by atoms with Crippen molar-refractivity contribution in [2.45, 2.75) is 20.8 Å². The van der Waals surface area contributed by atoms with Crippen LogP contribution in [0.4, 0.5) is 5.69 Å². The Balaban J connectivity index is 1.95. The normalized spacial score (nSPS) is 11.4. The summed E-state index contributed by atoms with van der Waals surface area (Å²) in [6, 6.07) is 10.5. The van der Waals surface area contributed by atoms with Gasteiger partial charge in [-0.05, 0) is 50.6 Å². The first kappa shape index (κ1) is 19.7. The molecule has 0 aliphatic heterocycles. The molecule has 0 saturated heterocycles. The summed E-state index contributed by atoms with van der Waals surface area (Å²) < 4.78 is 7.03. The molecule has 0 unspecified atom stereocenters. The number of aryl methyl sites for hydroxylation is 2. The fourth-order valence-electron chi connectivity index (χ4n) is 2.85. The van der Waals surface area contributed by atoms with Crippen molar-refractivity contribution in [3.8, 4) is 11.9 Å². The number of rotatable bonds is 4. The molecule has 1 amide bonds. The molecule has 1 aromatic carbocycles. The van der Waals surface area contributed by atoms with Crippen LogP contribution in [0, 0.1) is 32.1 Å². The number of nitriles is 1. The van der Waals surface area contributed by atoms with Crippen molar-refractivity contribution in [1.82, 2.24) is 9.72 Å². The topological polar surface area (TPSA) is 83.9 Å². The van der Waals surface area contributed by atoms with Crippen LogP contribution < -0.4 is 5.32 Å². The van der Waals surface area contributed by atoms with Crippen LogP contribution in [0.1, 0.15) is 22.7 Å². The van der Waals surface area contributed by atoms with Crippen LogP contribution >= 0.6 is 23.2 Å². The summed E-state index contributed by atoms with van der Waals surface area (Å²) in [5.74, 6) is 0.728. The third kappa shape index (κ3) is 3.81. The molecule has 0 bridgehead atoms. The van der Waals surface area contributed by atoms with Crippen molar-refractivity contribution >= 4 is 40.9 Å². The highest BCUT2D eigenvalue weighted by Gasteiger charge is 2.17. The summed E-state index contributed by atoms with van der Waals surface area (Å²) >= 11 is 12.2. The second-order valence-corrected chi connectivity index (χ2v) is 6.99. The molecule has 8 heteroatoms. The minimum Gasteiger partial charge on any atom is -0.360 e. The first-order valence-electron chi connectivity index (χ1n) is 8.31. The Morgan fingerprint density at radius 1 is 1.25 bits per heavy atom. The average Bonchev–Trinajstić information content (AvgIpc) is 3.18. The Labute approximate surface area is 172 Å². The molecule has 3 rings (SSSR count). The summed E-state index contributed by atoms with van der Waals surface area (Å²) in [6.07, 6.45) is 1.52. The Morgan fingerprint density at radius 3 is 2.50 bits per heavy atom. The number of carbonyl (C=O) groups excluding carboxylic acids is 1. The summed E-state index contributed by atoms with van der Waals surface area (Å²) in [5, 5.41) is 16.7. The number of anilines is 1. The number of para-hydroxylation sites is 1. The van der Waals surface area contributed by atoms with Crippen molar-refractivity contribution < 1.29 is 9.32 Å². The Hall–Kier alpha value is -3.01. The molecule has 0 aliphatic rings. The number of halogens is 2. The van der Waals surface area contributed by atoms with E-state index < -0.39 is 5.91 Å². The lowest BCUT2D eigenvalue weighted by molar-refractivity contribution is -0.112. The maximum Gasteiger partial charge on any atom is 0.266 e. The van der Waals surface area contributed by atoms with E-state index in [9.17, 15) is 10.1 Å². The van der Waals surface area contributed by atoms with Gasteiger partial charge in [0.1, 0.15) is 17.4 Å². The summed E-state index contributed by atoms with van der Waals surface area (Å²) in [5.41, 5.74) is 2.62. The molecule has 28 heavy (non-hydrogen) atoms. The van der Waals surface area contributed by atoms with Gasteiger partial charge in [0.15, 0.2) is 5.82 Å². The maximum absolute atomic E-state index is 12.6. The zero-order valence-corrected chi connectivity index (χ0v) is 16.9. The number of benzene rings is 1. The van der Waals surface area contributed by atoms with E-state index in [1.54, 1.807) is 18.2 Å². The van der Waals surface area contributed by atoms with E-state index in [0.717, 1.165) is 17.0 Å². The Bertz CT molecular complexity index is 1120. The van der Waals surface area contributed by atoms with Gasteiger partial charge in [-0.2, -0.15) is 5.26 Å². The quantitative estimate of drug-likeness (QED) is 0.466. The van der Waals surface area contributed by atoms with Gasteiger partial charge in [0.05, 0.1) is 15.7 Å². The van der Waals surface area contributed by atoms with E-state index in [1.165, 1.54) is 6.08 Å². The lowest BCUT2D eigenvalue weighted by Crippen LogP contribution is -2.14. The van der Waals surface area contributed by atoms with Gasteiger partial charge in [-0.1, -0.05) is 34.4 Å². The highest BCUT2D eigenvalue weighted by molar-refractivity contribution is 6.40. The van der Waals surface area contributed by atoms with Crippen LogP contribution in [-0.2, 0) is 4.79 Å². The van der Waals surface area contributed by atoms with E-state index in [1.807, 2.05) is 43.5 Å². The molecular weight excluding hydrogens is 399 g/mol. The van der Waals surface area contributed by atoms with Crippen LogP contribution in [0.15, 0.2) is 40.4 Å². The van der Waals surface area contributed by atoms with E-state index in [2.05, 4.69) is 10.5 Å². The summed E-state index contributed by atoms with van der Waals surface area (Å²) in [7, 11) is 0. The van der Waals surface area contributed by atoms with Crippen LogP contribution in [-0.4, -0.2) is 15.6 Å². The number of carbonyl (C=O) groups is 1. The monoisotopic (exact) mass is 414 g/mol. The number of nitrogens with one attached hydrogen (secondary N) is 1. The molecule has 0 radical (unpaired) electrons. The van der Waals surface area contributed by atoms with Gasteiger partial charge >= 0.3 is 0 Å². The van der Waals surface area contributed by atoms with Crippen LogP contribution in [0.25, 0.3) is 11.9 Å². The van der Waals surface area contributed by atoms with Crippen LogP contribution in [0.2, 0.25) is 10.0 Å². The molecule has 1 N–H and O–H groups in total. The Kier molecular flexibility index (Phi) is 5.59. The fourth-order valence-corrected chi connectivity index (χ4v) is 3.34. The highest BCUT2D eigenvalue weighted by atomic mass is 35.5. The number of nitrogens with zero attached hydrogens (tertiary/aromatic N) is 3. The van der Waals surface area contributed by atoms with E-state index in [4.69, 9.17) is 27.7 Å². The number of hydrogen-bond acceptors (Lipinski definition) is 4. The first-order valence-corrected chi connectivity index (χ1v) is 9.07. The number of aromatic nitrogens is 2. The maximum atomic E-state index is 12.6. The molecule has 3 aromatic rings. The Morgan fingerprint density at radius 2 is 1.93 bits per heavy atom. The van der Waals surface area contributed by atoms with Gasteiger partial charge < -0.3 is 9.84 Å². The van der Waals surface area contributed by atoms with Gasteiger partial charge in [-0.15, -0.1) is 0 Å². The van der Waals surface area contributed by atoms with Crippen molar-refractivity contribution in [3.05, 3.63) is 68.7 Å². The molecule has 2 heterocycles. The van der Waals surface area contributed by atoms with Crippen molar-refractivity contribution in [2.75, 3.05) is 5.32 Å². The standard InChI is InChI=1S/C20H16Cl2N4O2/c1-11-7-14(13(3)26(11)18-8-12(2)28-25-18)9-15(10-23)20(27)24-19-16(21)5-4-6-17(19)22/h4-9H,1-3H3,(H,24,27)/b15-9+. The first-order chi connectivity index (χ1) is 13.3. The minimum absolute atomic E-state index is 0.0763. The van der Waals surface area contributed by atoms with Crippen LogP contribution in [0.5, 0.6) is 0 Å². The molecule has 2 aromatic heterocycles. The van der Waals surface area contributed by atoms with E-state index in [-0.39, 0.29) is 21.3 Å². The molecule has 0 spiro atoms. The third-order valence-electron chi connectivity index (χ3n) is 4.18. The second kappa shape index (κ2) is 7.93. The number of hydrogen-bond donors (Lipinski definition) is 1. The molecule has 0 fully saturated rings. The smallest absolute Gasteiger partial charge is 0.266 e. The van der Waals surface area contributed by atoms with Crippen molar-refractivity contribution in [3.63, 3.8) is 0 Å². The average molecular weight is 415 g/mol. The van der Waals surface area contributed by atoms with Gasteiger partial charge in [0, 0.05) is 17.5 Å². The SMILES string of the molecule is Cc1cc(-n2c(C)cc(/C=C(\C#N)C(=O)Nc3c(Cl)cccc3Cl)c2C)no1. The minimum atomic E-state index is -0.598. The molecule has 0 atom stereocenters. The molecule has 0 aliphatic carbocycles. The summed E-state index contributed by atoms with van der Waals surface area (Å²) in [4.78, 5) is 12.6. The van der Waals surface area contributed by atoms with Gasteiger partial charge in [0.2, 0.25) is 0 Å². The lowest BCUT2D eigenvalue weighted by Gasteiger charge is -2.08. The molecular formula is C20H16Cl2N4O2. The highest BCUT2D eigenvalue weighted by Crippen LogP contribution is 2.30. The van der Waals surface area contributed by atoms with Crippen molar-refractivity contribution in [1.29, 1.82) is 5.26 Å². The summed E-state index contributed by atoms with van der Waals surface area (Å²) in [6.45, 7) is 5.59. The zero-order valence-electron chi connectivity index (χ0n) is 15.4. The van der Waals surface area contributed by atoms with Gasteiger partial charge in [0.25, 0.3) is 5.91 Å². The zero-order chi connectivity index (χ0) is 20.4. The lowest BCUT2D eigenvalue weighted by atomic mass is 10.1. The van der Waals surface area contributed by atoms with Crippen molar-refractivity contribution in [2.24, 2.45) is 0 Å². The number of amides is 1. The van der Waals surface area contributed by atoms with E-state index >= 15 is 0 Å². The molecule has 142 valence electrons. The van der Waals surface area contributed by atoms with Crippen LogP contribution in [0.3, 0.4) is 0 Å². The second-order valence-electron chi connectivity index (χ2n) is 6.18. The largest absolute Gasteiger partial charge is 0.360 e. The third-order valence-corrected chi connectivity index (χ3v) is 4.81.